The summed E-state index contributed by atoms with van der Waals surface area (Å²) in [5.41, 5.74) is 5.03. The van der Waals surface area contributed by atoms with Crippen molar-refractivity contribution in [3.05, 3.63) is 0 Å². The number of ether oxygens (including phenoxy) is 2. The Bertz CT molecular complexity index is 433. The third-order valence-corrected chi connectivity index (χ3v) is 4.01. The van der Waals surface area contributed by atoms with E-state index in [-0.39, 0.29) is 30.7 Å². The maximum Gasteiger partial charge on any atom is 0.307 e. The first-order chi connectivity index (χ1) is 10.8. The van der Waals surface area contributed by atoms with Gasteiger partial charge in [0, 0.05) is 13.2 Å². The number of esters is 1. The molecule has 2 amide bonds. The summed E-state index contributed by atoms with van der Waals surface area (Å²) in [6, 6.07) is -0.657. The van der Waals surface area contributed by atoms with Gasteiger partial charge in [0.2, 0.25) is 11.8 Å². The van der Waals surface area contributed by atoms with Crippen molar-refractivity contribution in [2.24, 2.45) is 11.7 Å². The average Bonchev–Trinajstić information content (AvgIpc) is 2.52. The Morgan fingerprint density at radius 1 is 1.26 bits per heavy atom. The van der Waals surface area contributed by atoms with E-state index in [0.29, 0.717) is 26.1 Å². The number of rotatable bonds is 7. The summed E-state index contributed by atoms with van der Waals surface area (Å²) in [6.07, 6.45) is 1.12. The van der Waals surface area contributed by atoms with Crippen LogP contribution in [0.15, 0.2) is 0 Å². The fraction of sp³-hybridized carbons (Fsp3) is 0.800. The second-order valence-corrected chi connectivity index (χ2v) is 6.18. The van der Waals surface area contributed by atoms with Crippen molar-refractivity contribution < 1.29 is 23.9 Å². The summed E-state index contributed by atoms with van der Waals surface area (Å²) in [5.74, 6) is -1.14. The molecule has 0 bridgehead atoms. The Labute approximate surface area is 136 Å². The summed E-state index contributed by atoms with van der Waals surface area (Å²) < 4.78 is 9.99. The predicted molar refractivity (Wildman–Crippen MR) is 83.4 cm³/mol. The van der Waals surface area contributed by atoms with Gasteiger partial charge in [-0.1, -0.05) is 13.8 Å². The molecule has 1 heterocycles. The van der Waals surface area contributed by atoms with E-state index in [9.17, 15) is 14.4 Å². The quantitative estimate of drug-likeness (QED) is 0.532. The van der Waals surface area contributed by atoms with E-state index in [1.54, 1.807) is 0 Å². The minimum absolute atomic E-state index is 0.0146. The van der Waals surface area contributed by atoms with Crippen LogP contribution in [0.25, 0.3) is 0 Å². The largest absolute Gasteiger partial charge is 0.469 e. The van der Waals surface area contributed by atoms with E-state index >= 15 is 0 Å². The molecule has 0 radical (unpaired) electrons. The Balaban J connectivity index is 2.57. The van der Waals surface area contributed by atoms with Gasteiger partial charge < -0.3 is 25.8 Å². The Hall–Kier alpha value is -1.67. The molecule has 1 aliphatic heterocycles. The molecule has 132 valence electrons. The van der Waals surface area contributed by atoms with Crippen LogP contribution in [0.1, 0.15) is 33.1 Å². The number of nitrogens with one attached hydrogen (secondary N) is 2. The number of carbonyl (C=O) groups is 3. The third-order valence-electron chi connectivity index (χ3n) is 4.01. The normalized spacial score (nSPS) is 18.1. The smallest absolute Gasteiger partial charge is 0.307 e. The van der Waals surface area contributed by atoms with Crippen LogP contribution >= 0.6 is 0 Å². The highest BCUT2D eigenvalue weighted by Gasteiger charge is 2.36. The van der Waals surface area contributed by atoms with Gasteiger partial charge in [-0.15, -0.1) is 0 Å². The van der Waals surface area contributed by atoms with Crippen molar-refractivity contribution in [3.8, 4) is 0 Å². The van der Waals surface area contributed by atoms with Gasteiger partial charge in [-0.2, -0.15) is 0 Å². The lowest BCUT2D eigenvalue weighted by atomic mass is 9.86. The Kier molecular flexibility index (Phi) is 7.44. The molecule has 4 N–H and O–H groups in total. The molecule has 0 aliphatic carbocycles. The van der Waals surface area contributed by atoms with Crippen molar-refractivity contribution in [2.45, 2.75) is 44.7 Å². The summed E-state index contributed by atoms with van der Waals surface area (Å²) in [7, 11) is 1.31. The van der Waals surface area contributed by atoms with Crippen LogP contribution in [-0.2, 0) is 23.9 Å². The van der Waals surface area contributed by atoms with E-state index in [4.69, 9.17) is 15.2 Å². The zero-order valence-corrected chi connectivity index (χ0v) is 14.0. The molecule has 1 saturated heterocycles. The van der Waals surface area contributed by atoms with E-state index in [0.717, 1.165) is 0 Å². The summed E-state index contributed by atoms with van der Waals surface area (Å²) >= 11 is 0. The van der Waals surface area contributed by atoms with Crippen LogP contribution in [0, 0.1) is 5.92 Å². The molecule has 0 aromatic heterocycles. The zero-order valence-electron chi connectivity index (χ0n) is 14.0. The number of nitrogens with two attached hydrogens (primary N) is 1. The zero-order chi connectivity index (χ0) is 17.5. The first-order valence-corrected chi connectivity index (χ1v) is 7.78. The summed E-state index contributed by atoms with van der Waals surface area (Å²) in [4.78, 5) is 35.5. The van der Waals surface area contributed by atoms with Crippen LogP contribution < -0.4 is 16.4 Å². The molecule has 8 heteroatoms. The molecule has 8 nitrogen and oxygen atoms in total. The number of carbonyl (C=O) groups excluding carboxylic acids is 3. The van der Waals surface area contributed by atoms with Crippen LogP contribution in [0.3, 0.4) is 0 Å². The molecule has 0 saturated carbocycles. The molecule has 1 atom stereocenters. The lowest BCUT2D eigenvalue weighted by Gasteiger charge is -2.37. The van der Waals surface area contributed by atoms with Gasteiger partial charge in [-0.05, 0) is 18.8 Å². The van der Waals surface area contributed by atoms with Gasteiger partial charge in [0.25, 0.3) is 0 Å². The van der Waals surface area contributed by atoms with Crippen LogP contribution in [0.4, 0.5) is 0 Å². The van der Waals surface area contributed by atoms with E-state index in [1.807, 2.05) is 13.8 Å². The predicted octanol–water partition coefficient (Wildman–Crippen LogP) is -0.686. The minimum atomic E-state index is -0.687. The molecule has 1 rings (SSSR count). The highest BCUT2D eigenvalue weighted by atomic mass is 16.5. The number of hydrogen-bond donors (Lipinski definition) is 3. The van der Waals surface area contributed by atoms with Gasteiger partial charge in [0.05, 0.1) is 31.7 Å². The maximum atomic E-state index is 12.1. The van der Waals surface area contributed by atoms with Crippen molar-refractivity contribution in [3.63, 3.8) is 0 Å². The van der Waals surface area contributed by atoms with Gasteiger partial charge >= 0.3 is 5.97 Å². The lowest BCUT2D eigenvalue weighted by Crippen LogP contribution is -2.56. The standard InChI is InChI=1S/C15H27N3O5/c1-10(2)13(16)14(21)17-9-11(19)18-15(8-12(20)22-3)4-6-23-7-5-15/h10,13H,4-9,16H2,1-3H3,(H,17,21)(H,18,19)/t13-/m0/s1. The van der Waals surface area contributed by atoms with Crippen LogP contribution in [0.2, 0.25) is 0 Å². The van der Waals surface area contributed by atoms with E-state index in [2.05, 4.69) is 10.6 Å². The Morgan fingerprint density at radius 3 is 2.39 bits per heavy atom. The van der Waals surface area contributed by atoms with Gasteiger partial charge in [0.15, 0.2) is 0 Å². The summed E-state index contributed by atoms with van der Waals surface area (Å²) in [6.45, 7) is 4.40. The number of amides is 2. The number of hydrogen-bond acceptors (Lipinski definition) is 6. The highest BCUT2D eigenvalue weighted by Crippen LogP contribution is 2.25. The fourth-order valence-electron chi connectivity index (χ4n) is 2.38. The van der Waals surface area contributed by atoms with E-state index in [1.165, 1.54) is 7.11 Å². The molecular weight excluding hydrogens is 302 g/mol. The van der Waals surface area contributed by atoms with Crippen molar-refractivity contribution in [2.75, 3.05) is 26.9 Å². The van der Waals surface area contributed by atoms with Gasteiger partial charge in [-0.25, -0.2) is 0 Å². The molecule has 23 heavy (non-hydrogen) atoms. The molecule has 1 aliphatic rings. The van der Waals surface area contributed by atoms with Crippen molar-refractivity contribution in [1.82, 2.24) is 10.6 Å². The van der Waals surface area contributed by atoms with Crippen LogP contribution in [0.5, 0.6) is 0 Å². The number of methoxy groups -OCH3 is 1. The average molecular weight is 329 g/mol. The maximum absolute atomic E-state index is 12.1. The minimum Gasteiger partial charge on any atom is -0.469 e. The highest BCUT2D eigenvalue weighted by molar-refractivity contribution is 5.88. The summed E-state index contributed by atoms with van der Waals surface area (Å²) in [5, 5.41) is 5.36. The molecular formula is C15H27N3O5. The molecule has 0 unspecified atom stereocenters. The lowest BCUT2D eigenvalue weighted by molar-refractivity contribution is -0.144. The molecule has 0 aromatic rings. The van der Waals surface area contributed by atoms with Crippen molar-refractivity contribution >= 4 is 17.8 Å². The Morgan fingerprint density at radius 2 is 1.87 bits per heavy atom. The SMILES string of the molecule is COC(=O)CC1(NC(=O)CNC(=O)[C@@H](N)C(C)C)CCOCC1. The van der Waals surface area contributed by atoms with Crippen molar-refractivity contribution in [1.29, 1.82) is 0 Å². The fourth-order valence-corrected chi connectivity index (χ4v) is 2.38. The third kappa shape index (κ3) is 6.15. The monoisotopic (exact) mass is 329 g/mol. The molecule has 0 spiro atoms. The first kappa shape index (κ1) is 19.4. The van der Waals surface area contributed by atoms with Crippen LogP contribution in [-0.4, -0.2) is 56.2 Å². The second kappa shape index (κ2) is 8.83. The topological polar surface area (TPSA) is 120 Å². The van der Waals surface area contributed by atoms with Gasteiger partial charge in [0.1, 0.15) is 0 Å². The molecule has 1 fully saturated rings. The second-order valence-electron chi connectivity index (χ2n) is 6.18. The molecule has 0 aromatic carbocycles. The first-order valence-electron chi connectivity index (χ1n) is 7.78. The van der Waals surface area contributed by atoms with Gasteiger partial charge in [-0.3, -0.25) is 14.4 Å². The van der Waals surface area contributed by atoms with E-state index < -0.39 is 17.6 Å².